The maximum absolute atomic E-state index is 12.6. The number of aryl methyl sites for hydroxylation is 1. The number of rotatable bonds is 5. The molecule has 1 aromatic carbocycles. The Hall–Kier alpha value is -2.47. The van der Waals surface area contributed by atoms with Gasteiger partial charge in [-0.1, -0.05) is 24.3 Å². The summed E-state index contributed by atoms with van der Waals surface area (Å²) >= 11 is 0. The number of carbonyl (C=O) groups is 1. The zero-order valence-corrected chi connectivity index (χ0v) is 14.9. The van der Waals surface area contributed by atoms with E-state index in [1.54, 1.807) is 12.3 Å². The van der Waals surface area contributed by atoms with Crippen LogP contribution in [0.25, 0.3) is 0 Å². The summed E-state index contributed by atoms with van der Waals surface area (Å²) in [5.41, 5.74) is 7.99. The van der Waals surface area contributed by atoms with Crippen LogP contribution in [0.5, 0.6) is 0 Å². The Morgan fingerprint density at radius 2 is 2.16 bits per heavy atom. The molecule has 3 rings (SSSR count). The van der Waals surface area contributed by atoms with E-state index in [2.05, 4.69) is 27.9 Å². The van der Waals surface area contributed by atoms with Crippen LogP contribution in [-0.4, -0.2) is 51.9 Å². The first-order chi connectivity index (χ1) is 12.0. The van der Waals surface area contributed by atoms with Crippen LogP contribution in [0.2, 0.25) is 0 Å². The monoisotopic (exact) mass is 339 g/mol. The molecule has 2 aromatic rings. The summed E-state index contributed by atoms with van der Waals surface area (Å²) in [5.74, 6) is 1.40. The highest BCUT2D eigenvalue weighted by Gasteiger charge is 2.29. The molecule has 1 amide bonds. The van der Waals surface area contributed by atoms with Gasteiger partial charge in [0.15, 0.2) is 0 Å². The molecule has 1 atom stereocenters. The minimum Gasteiger partial charge on any atom is -0.384 e. The second-order valence-electron chi connectivity index (χ2n) is 6.70. The van der Waals surface area contributed by atoms with Gasteiger partial charge >= 0.3 is 0 Å². The second-order valence-corrected chi connectivity index (χ2v) is 6.70. The fraction of sp³-hybridized carbons (Fsp3) is 0.421. The molecule has 0 spiro atoms. The number of anilines is 1. The Morgan fingerprint density at radius 3 is 2.92 bits per heavy atom. The Balaban J connectivity index is 1.55. The molecule has 2 heterocycles. The largest absolute Gasteiger partial charge is 0.384 e. The number of benzene rings is 1. The average molecular weight is 339 g/mol. The number of aromatic nitrogens is 2. The third-order valence-corrected chi connectivity index (χ3v) is 4.86. The number of nitrogens with zero attached hydrogens (tertiary/aromatic N) is 4. The molecule has 2 N–H and O–H groups in total. The second kappa shape index (κ2) is 7.61. The van der Waals surface area contributed by atoms with Gasteiger partial charge in [-0.15, -0.1) is 0 Å². The molecular formula is C19H25N5O. The molecule has 0 unspecified atom stereocenters. The molecule has 1 saturated heterocycles. The Bertz CT molecular complexity index is 748. The average Bonchev–Trinajstić information content (AvgIpc) is 3.07. The third kappa shape index (κ3) is 4.33. The topological polar surface area (TPSA) is 75.4 Å². The summed E-state index contributed by atoms with van der Waals surface area (Å²) in [6.45, 7) is 4.24. The van der Waals surface area contributed by atoms with Crippen molar-refractivity contribution in [2.45, 2.75) is 32.4 Å². The standard InChI is InChI=1S/C19H25N5O/c1-14-5-3-4-6-15(14)11-19(25)24-10-8-16(12-24)23(2)13-18-21-9-7-17(20)22-18/h3-7,9,16H,8,10-13H2,1-2H3,(H2,20,21,22)/t16-/m0/s1. The first kappa shape index (κ1) is 17.4. The van der Waals surface area contributed by atoms with E-state index in [-0.39, 0.29) is 5.91 Å². The Morgan fingerprint density at radius 1 is 1.36 bits per heavy atom. The third-order valence-electron chi connectivity index (χ3n) is 4.86. The molecular weight excluding hydrogens is 314 g/mol. The highest BCUT2D eigenvalue weighted by molar-refractivity contribution is 5.79. The molecule has 0 radical (unpaired) electrons. The molecule has 6 nitrogen and oxygen atoms in total. The van der Waals surface area contributed by atoms with E-state index in [4.69, 9.17) is 5.73 Å². The van der Waals surface area contributed by atoms with E-state index in [1.807, 2.05) is 30.1 Å². The Kier molecular flexibility index (Phi) is 5.28. The minimum atomic E-state index is 0.199. The number of hydrogen-bond donors (Lipinski definition) is 1. The van der Waals surface area contributed by atoms with Crippen LogP contribution in [0.15, 0.2) is 36.5 Å². The summed E-state index contributed by atoms with van der Waals surface area (Å²) in [6.07, 6.45) is 3.12. The summed E-state index contributed by atoms with van der Waals surface area (Å²) in [4.78, 5) is 25.3. The van der Waals surface area contributed by atoms with Crippen molar-refractivity contribution in [3.8, 4) is 0 Å². The van der Waals surface area contributed by atoms with Gasteiger partial charge in [-0.25, -0.2) is 9.97 Å². The molecule has 6 heteroatoms. The van der Waals surface area contributed by atoms with Gasteiger partial charge in [0, 0.05) is 25.3 Å². The van der Waals surface area contributed by atoms with Gasteiger partial charge in [0.05, 0.1) is 13.0 Å². The number of nitrogen functional groups attached to an aromatic ring is 1. The van der Waals surface area contributed by atoms with Crippen LogP contribution in [0.1, 0.15) is 23.4 Å². The summed E-state index contributed by atoms with van der Waals surface area (Å²) in [5, 5.41) is 0. The van der Waals surface area contributed by atoms with Crippen molar-refractivity contribution in [2.75, 3.05) is 25.9 Å². The van der Waals surface area contributed by atoms with Crippen molar-refractivity contribution in [3.05, 3.63) is 53.5 Å². The first-order valence-electron chi connectivity index (χ1n) is 8.63. The van der Waals surface area contributed by atoms with Gasteiger partial charge in [0.2, 0.25) is 5.91 Å². The van der Waals surface area contributed by atoms with E-state index in [1.165, 1.54) is 5.56 Å². The summed E-state index contributed by atoms with van der Waals surface area (Å²) < 4.78 is 0. The van der Waals surface area contributed by atoms with Gasteiger partial charge in [0.1, 0.15) is 11.6 Å². The predicted octanol–water partition coefficient (Wildman–Crippen LogP) is 1.64. The molecule has 1 aromatic heterocycles. The Labute approximate surface area is 148 Å². The van der Waals surface area contributed by atoms with Gasteiger partial charge in [-0.05, 0) is 37.6 Å². The first-order valence-corrected chi connectivity index (χ1v) is 8.63. The predicted molar refractivity (Wildman–Crippen MR) is 97.8 cm³/mol. The number of likely N-dealkylation sites (N-methyl/N-ethyl adjacent to an activating group) is 1. The van der Waals surface area contributed by atoms with Crippen LogP contribution in [0.4, 0.5) is 5.82 Å². The van der Waals surface area contributed by atoms with Crippen LogP contribution in [0.3, 0.4) is 0 Å². The van der Waals surface area contributed by atoms with Crippen LogP contribution >= 0.6 is 0 Å². The van der Waals surface area contributed by atoms with Crippen molar-refractivity contribution in [2.24, 2.45) is 0 Å². The molecule has 0 saturated carbocycles. The van der Waals surface area contributed by atoms with Crippen molar-refractivity contribution in [3.63, 3.8) is 0 Å². The van der Waals surface area contributed by atoms with Crippen LogP contribution in [0, 0.1) is 6.92 Å². The quantitative estimate of drug-likeness (QED) is 0.896. The number of likely N-dealkylation sites (tertiary alicyclic amines) is 1. The van der Waals surface area contributed by atoms with Crippen molar-refractivity contribution < 1.29 is 4.79 Å². The van der Waals surface area contributed by atoms with E-state index in [0.29, 0.717) is 30.6 Å². The van der Waals surface area contributed by atoms with Crippen LogP contribution in [-0.2, 0) is 17.8 Å². The van der Waals surface area contributed by atoms with Crippen molar-refractivity contribution in [1.82, 2.24) is 19.8 Å². The van der Waals surface area contributed by atoms with Gasteiger partial charge < -0.3 is 10.6 Å². The maximum Gasteiger partial charge on any atom is 0.227 e. The fourth-order valence-electron chi connectivity index (χ4n) is 3.25. The van der Waals surface area contributed by atoms with Gasteiger partial charge in [-0.3, -0.25) is 9.69 Å². The molecule has 1 aliphatic heterocycles. The number of amides is 1. The van der Waals surface area contributed by atoms with Gasteiger partial charge in [-0.2, -0.15) is 0 Å². The van der Waals surface area contributed by atoms with E-state index in [0.717, 1.165) is 25.1 Å². The molecule has 0 aliphatic carbocycles. The lowest BCUT2D eigenvalue weighted by Crippen LogP contribution is -2.37. The van der Waals surface area contributed by atoms with Crippen LogP contribution < -0.4 is 5.73 Å². The van der Waals surface area contributed by atoms with Gasteiger partial charge in [0.25, 0.3) is 0 Å². The highest BCUT2D eigenvalue weighted by Crippen LogP contribution is 2.18. The molecule has 1 aliphatic rings. The van der Waals surface area contributed by atoms with Crippen molar-refractivity contribution >= 4 is 11.7 Å². The highest BCUT2D eigenvalue weighted by atomic mass is 16.2. The zero-order valence-electron chi connectivity index (χ0n) is 14.9. The SMILES string of the molecule is Cc1ccccc1CC(=O)N1CC[C@H](N(C)Cc2nccc(N)n2)C1. The summed E-state index contributed by atoms with van der Waals surface area (Å²) in [6, 6.07) is 10.1. The van der Waals surface area contributed by atoms with Crippen molar-refractivity contribution in [1.29, 1.82) is 0 Å². The fourth-order valence-corrected chi connectivity index (χ4v) is 3.25. The normalized spacial score (nSPS) is 17.2. The summed E-state index contributed by atoms with van der Waals surface area (Å²) in [7, 11) is 2.05. The molecule has 25 heavy (non-hydrogen) atoms. The van der Waals surface area contributed by atoms with E-state index < -0.39 is 0 Å². The minimum absolute atomic E-state index is 0.199. The lowest BCUT2D eigenvalue weighted by molar-refractivity contribution is -0.129. The number of nitrogens with two attached hydrogens (primary N) is 1. The van der Waals surface area contributed by atoms with E-state index in [9.17, 15) is 4.79 Å². The number of hydrogen-bond acceptors (Lipinski definition) is 5. The molecule has 0 bridgehead atoms. The maximum atomic E-state index is 12.6. The molecule has 132 valence electrons. The lowest BCUT2D eigenvalue weighted by atomic mass is 10.1. The number of carbonyl (C=O) groups excluding carboxylic acids is 1. The zero-order chi connectivity index (χ0) is 17.8. The smallest absolute Gasteiger partial charge is 0.227 e. The lowest BCUT2D eigenvalue weighted by Gasteiger charge is -2.24. The van der Waals surface area contributed by atoms with E-state index >= 15 is 0 Å². The molecule has 1 fully saturated rings.